The molecule has 176 valence electrons. The van der Waals surface area contributed by atoms with Gasteiger partial charge in [-0.05, 0) is 47.0 Å². The molecule has 0 saturated heterocycles. The van der Waals surface area contributed by atoms with Crippen molar-refractivity contribution in [1.82, 2.24) is 24.8 Å². The first-order valence-corrected chi connectivity index (χ1v) is 11.4. The Morgan fingerprint density at radius 3 is 2.60 bits per heavy atom. The summed E-state index contributed by atoms with van der Waals surface area (Å²) in [5.74, 6) is 1.10. The molecule has 5 rings (SSSR count). The number of hydrogen-bond donors (Lipinski definition) is 2. The molecule has 0 saturated carbocycles. The lowest BCUT2D eigenvalue weighted by atomic mass is 9.93. The molecule has 2 amide bonds. The first kappa shape index (κ1) is 22.3. The van der Waals surface area contributed by atoms with Crippen LogP contribution in [0.4, 0.5) is 10.6 Å². The van der Waals surface area contributed by atoms with Gasteiger partial charge in [-0.15, -0.1) is 0 Å². The van der Waals surface area contributed by atoms with Crippen LogP contribution in [-0.2, 0) is 12.0 Å². The van der Waals surface area contributed by atoms with Gasteiger partial charge in [0.2, 0.25) is 0 Å². The van der Waals surface area contributed by atoms with Crippen molar-refractivity contribution >= 4 is 17.5 Å². The number of aromatic nitrogens is 4. The van der Waals surface area contributed by atoms with E-state index in [1.165, 1.54) is 0 Å². The summed E-state index contributed by atoms with van der Waals surface area (Å²) in [7, 11) is 0. The maximum absolute atomic E-state index is 12.4. The lowest BCUT2D eigenvalue weighted by molar-refractivity contribution is 0.251. The maximum atomic E-state index is 12.4. The number of nitrogens with zero attached hydrogens (tertiary/aromatic N) is 4. The number of benzene rings is 1. The Bertz CT molecular complexity index is 1480. The molecule has 0 bridgehead atoms. The fourth-order valence-electron chi connectivity index (χ4n) is 3.79. The summed E-state index contributed by atoms with van der Waals surface area (Å²) in [6.45, 7) is 6.43. The highest BCUT2D eigenvalue weighted by Crippen LogP contribution is 2.26. The highest BCUT2D eigenvalue weighted by Gasteiger charge is 2.20. The molecule has 0 aliphatic carbocycles. The fourth-order valence-corrected chi connectivity index (χ4v) is 3.79. The minimum absolute atomic E-state index is 0.178. The van der Waals surface area contributed by atoms with Gasteiger partial charge in [-0.1, -0.05) is 44.1 Å². The van der Waals surface area contributed by atoms with E-state index in [0.29, 0.717) is 18.1 Å². The molecule has 1 aromatic carbocycles. The topological polar surface area (TPSA) is 97.3 Å². The van der Waals surface area contributed by atoms with Crippen molar-refractivity contribution < 1.29 is 9.32 Å². The van der Waals surface area contributed by atoms with Crippen molar-refractivity contribution in [3.8, 4) is 22.4 Å². The Balaban J connectivity index is 1.28. The first-order chi connectivity index (χ1) is 16.9. The summed E-state index contributed by atoms with van der Waals surface area (Å²) in [5, 5.41) is 9.51. The van der Waals surface area contributed by atoms with Gasteiger partial charge in [-0.2, -0.15) is 0 Å². The average molecular weight is 467 g/mol. The molecule has 35 heavy (non-hydrogen) atoms. The van der Waals surface area contributed by atoms with Crippen LogP contribution in [0.1, 0.15) is 32.1 Å². The van der Waals surface area contributed by atoms with E-state index in [4.69, 9.17) is 4.52 Å². The number of amides is 2. The Labute approximate surface area is 203 Å². The van der Waals surface area contributed by atoms with E-state index in [9.17, 15) is 4.79 Å². The van der Waals surface area contributed by atoms with Crippen molar-refractivity contribution in [3.63, 3.8) is 0 Å². The monoisotopic (exact) mass is 466 g/mol. The third kappa shape index (κ3) is 4.91. The number of urea groups is 1. The first-order valence-electron chi connectivity index (χ1n) is 11.4. The maximum Gasteiger partial charge on any atom is 0.320 e. The predicted molar refractivity (Wildman–Crippen MR) is 135 cm³/mol. The zero-order valence-electron chi connectivity index (χ0n) is 19.8. The number of pyridine rings is 2. The van der Waals surface area contributed by atoms with Crippen molar-refractivity contribution in [3.05, 3.63) is 90.7 Å². The fraction of sp³-hybridized carbons (Fsp3) is 0.185. The second-order valence-electron chi connectivity index (χ2n) is 9.36. The molecule has 4 heterocycles. The quantitative estimate of drug-likeness (QED) is 0.348. The lowest BCUT2D eigenvalue weighted by Gasteiger charge is -2.12. The lowest BCUT2D eigenvalue weighted by Crippen LogP contribution is -2.28. The number of nitrogens with one attached hydrogen (secondary N) is 2. The third-order valence-corrected chi connectivity index (χ3v) is 5.69. The van der Waals surface area contributed by atoms with Crippen LogP contribution >= 0.6 is 0 Å². The van der Waals surface area contributed by atoms with Crippen molar-refractivity contribution in [2.45, 2.75) is 32.7 Å². The van der Waals surface area contributed by atoms with Crippen LogP contribution in [0.25, 0.3) is 28.0 Å². The van der Waals surface area contributed by atoms with E-state index in [1.807, 2.05) is 69.6 Å². The van der Waals surface area contributed by atoms with Crippen molar-refractivity contribution in [1.29, 1.82) is 0 Å². The van der Waals surface area contributed by atoms with Gasteiger partial charge >= 0.3 is 6.03 Å². The molecule has 0 atom stereocenters. The highest BCUT2D eigenvalue weighted by atomic mass is 16.5. The van der Waals surface area contributed by atoms with E-state index >= 15 is 0 Å². The van der Waals surface area contributed by atoms with Gasteiger partial charge in [0, 0.05) is 42.2 Å². The summed E-state index contributed by atoms with van der Waals surface area (Å²) < 4.78 is 7.37. The molecule has 2 N–H and O–H groups in total. The van der Waals surface area contributed by atoms with Crippen LogP contribution in [0.3, 0.4) is 0 Å². The SMILES string of the molecule is CC(C)(C)c1cc(NC(=O)NCc2cccc(-c3cnc4cc(-c5ccncc5)ccn34)c2)no1. The minimum Gasteiger partial charge on any atom is -0.359 e. The predicted octanol–water partition coefficient (Wildman–Crippen LogP) is 5.67. The van der Waals surface area contributed by atoms with Gasteiger partial charge in [0.25, 0.3) is 0 Å². The molecular formula is C27H26N6O2. The van der Waals surface area contributed by atoms with Crippen LogP contribution in [0.2, 0.25) is 0 Å². The van der Waals surface area contributed by atoms with Crippen LogP contribution in [0.5, 0.6) is 0 Å². The molecule has 0 unspecified atom stereocenters. The van der Waals surface area contributed by atoms with Crippen LogP contribution in [0.15, 0.2) is 83.9 Å². The summed E-state index contributed by atoms with van der Waals surface area (Å²) in [6, 6.07) is 17.5. The zero-order chi connectivity index (χ0) is 24.4. The van der Waals surface area contributed by atoms with Gasteiger partial charge in [-0.3, -0.25) is 14.7 Å². The van der Waals surface area contributed by atoms with E-state index in [-0.39, 0.29) is 11.4 Å². The Hall–Kier alpha value is -4.46. The van der Waals surface area contributed by atoms with Gasteiger partial charge in [0.05, 0.1) is 11.9 Å². The summed E-state index contributed by atoms with van der Waals surface area (Å²) in [5.41, 5.74) is 5.82. The largest absolute Gasteiger partial charge is 0.359 e. The number of hydrogen-bond acceptors (Lipinski definition) is 5. The van der Waals surface area contributed by atoms with Gasteiger partial charge in [0.15, 0.2) is 5.82 Å². The molecule has 5 aromatic rings. The summed E-state index contributed by atoms with van der Waals surface area (Å²) in [6.07, 6.45) is 7.45. The van der Waals surface area contributed by atoms with Crippen LogP contribution in [-0.4, -0.2) is 25.6 Å². The summed E-state index contributed by atoms with van der Waals surface area (Å²) >= 11 is 0. The van der Waals surface area contributed by atoms with Crippen molar-refractivity contribution in [2.24, 2.45) is 0 Å². The number of imidazole rings is 1. The molecule has 0 aliphatic rings. The van der Waals surface area contributed by atoms with E-state index in [1.54, 1.807) is 18.5 Å². The van der Waals surface area contributed by atoms with E-state index < -0.39 is 0 Å². The van der Waals surface area contributed by atoms with Gasteiger partial charge in [0.1, 0.15) is 11.4 Å². The zero-order valence-corrected chi connectivity index (χ0v) is 19.8. The minimum atomic E-state index is -0.345. The second kappa shape index (κ2) is 9.06. The summed E-state index contributed by atoms with van der Waals surface area (Å²) in [4.78, 5) is 21.0. The normalized spacial score (nSPS) is 11.5. The Morgan fingerprint density at radius 2 is 1.83 bits per heavy atom. The van der Waals surface area contributed by atoms with Crippen LogP contribution < -0.4 is 10.6 Å². The number of carbonyl (C=O) groups excluding carboxylic acids is 1. The number of carbonyl (C=O) groups is 1. The molecule has 0 radical (unpaired) electrons. The molecule has 4 aromatic heterocycles. The molecule has 8 nitrogen and oxygen atoms in total. The number of rotatable bonds is 5. The number of anilines is 1. The second-order valence-corrected chi connectivity index (χ2v) is 9.36. The Morgan fingerprint density at radius 1 is 1.00 bits per heavy atom. The standard InChI is InChI=1S/C27H26N6O2/c1-27(2,3)23-15-24(32-35-23)31-26(34)30-16-18-5-4-6-21(13-18)22-17-29-25-14-20(9-12-33(22)25)19-7-10-28-11-8-19/h4-15,17H,16H2,1-3H3,(H2,30,31,32,34). The molecule has 0 fully saturated rings. The molecule has 8 heteroatoms. The number of fused-ring (bicyclic) bond motifs is 1. The van der Waals surface area contributed by atoms with Crippen molar-refractivity contribution in [2.75, 3.05) is 5.32 Å². The molecule has 0 spiro atoms. The van der Waals surface area contributed by atoms with Gasteiger partial charge in [-0.25, -0.2) is 9.78 Å². The van der Waals surface area contributed by atoms with E-state index in [2.05, 4.69) is 42.3 Å². The Kier molecular flexibility index (Phi) is 5.78. The molecule has 0 aliphatic heterocycles. The van der Waals surface area contributed by atoms with Crippen LogP contribution in [0, 0.1) is 0 Å². The average Bonchev–Trinajstić information content (AvgIpc) is 3.50. The molecular weight excluding hydrogens is 440 g/mol. The smallest absolute Gasteiger partial charge is 0.320 e. The third-order valence-electron chi connectivity index (χ3n) is 5.69. The van der Waals surface area contributed by atoms with E-state index in [0.717, 1.165) is 33.6 Å². The highest BCUT2D eigenvalue weighted by molar-refractivity contribution is 5.88. The van der Waals surface area contributed by atoms with Gasteiger partial charge < -0.3 is 9.84 Å².